The van der Waals surface area contributed by atoms with E-state index in [-0.39, 0.29) is 5.82 Å². The molecule has 4 rings (SSSR count). The fourth-order valence-electron chi connectivity index (χ4n) is 2.70. The summed E-state index contributed by atoms with van der Waals surface area (Å²) in [6, 6.07) is 11.7. The van der Waals surface area contributed by atoms with Crippen molar-refractivity contribution in [3.63, 3.8) is 0 Å². The molecule has 0 bridgehead atoms. The van der Waals surface area contributed by atoms with E-state index >= 15 is 0 Å². The van der Waals surface area contributed by atoms with E-state index in [1.807, 2.05) is 0 Å². The maximum absolute atomic E-state index is 13.0. The van der Waals surface area contributed by atoms with Gasteiger partial charge in [-0.2, -0.15) is 0 Å². The van der Waals surface area contributed by atoms with E-state index in [9.17, 15) is 9.18 Å². The molecular weight excluding hydrogens is 415 g/mol. The highest BCUT2D eigenvalue weighted by Crippen LogP contribution is 2.22. The van der Waals surface area contributed by atoms with Crippen molar-refractivity contribution in [2.75, 3.05) is 5.32 Å². The third-order valence-corrected chi connectivity index (χ3v) is 4.72. The van der Waals surface area contributed by atoms with Crippen LogP contribution in [0.4, 0.5) is 16.0 Å². The highest BCUT2D eigenvalue weighted by Gasteiger charge is 2.08. The van der Waals surface area contributed by atoms with Crippen LogP contribution in [-0.2, 0) is 12.8 Å². The van der Waals surface area contributed by atoms with Crippen molar-refractivity contribution in [2.45, 2.75) is 12.8 Å². The van der Waals surface area contributed by atoms with Crippen molar-refractivity contribution in [2.24, 2.45) is 0 Å². The summed E-state index contributed by atoms with van der Waals surface area (Å²) in [4.78, 5) is 22.7. The molecule has 2 heterocycles. The second kappa shape index (κ2) is 7.32. The number of hydrogen-bond donors (Lipinski definition) is 2. The highest BCUT2D eigenvalue weighted by molar-refractivity contribution is 9.10. The largest absolute Gasteiger partial charge is 0.417 e. The van der Waals surface area contributed by atoms with Crippen LogP contribution < -0.4 is 11.1 Å². The molecule has 0 radical (unpaired) electrons. The predicted molar refractivity (Wildman–Crippen MR) is 104 cm³/mol. The Balaban J connectivity index is 1.51. The van der Waals surface area contributed by atoms with Gasteiger partial charge in [-0.1, -0.05) is 12.1 Å². The molecule has 2 aromatic carbocycles. The van der Waals surface area contributed by atoms with Gasteiger partial charge in [0.1, 0.15) is 5.82 Å². The number of oxazole rings is 1. The summed E-state index contributed by atoms with van der Waals surface area (Å²) >= 11 is 3.47. The second-order valence-corrected chi connectivity index (χ2v) is 6.82. The molecular formula is C19H14BrFN4O2. The fraction of sp³-hybridized carbons (Fsp3) is 0.105. The number of hydrogen-bond acceptors (Lipinski definition) is 5. The Labute approximate surface area is 161 Å². The van der Waals surface area contributed by atoms with E-state index in [1.54, 1.807) is 36.5 Å². The van der Waals surface area contributed by atoms with E-state index in [2.05, 4.69) is 36.2 Å². The molecule has 0 amide bonds. The van der Waals surface area contributed by atoms with Gasteiger partial charge < -0.3 is 9.73 Å². The van der Waals surface area contributed by atoms with Gasteiger partial charge in [-0.25, -0.2) is 19.2 Å². The summed E-state index contributed by atoms with van der Waals surface area (Å²) in [6.45, 7) is 0. The molecule has 4 aromatic rings. The number of aryl methyl sites for hydroxylation is 2. The summed E-state index contributed by atoms with van der Waals surface area (Å²) in [5.74, 6) is -0.307. The first kappa shape index (κ1) is 17.4. The summed E-state index contributed by atoms with van der Waals surface area (Å²) in [5, 5.41) is 3.11. The van der Waals surface area contributed by atoms with Gasteiger partial charge in [0.05, 0.1) is 15.7 Å². The monoisotopic (exact) mass is 428 g/mol. The predicted octanol–water partition coefficient (Wildman–Crippen LogP) is 4.34. The number of rotatable bonds is 5. The number of nitrogens with zero attached hydrogens (tertiary/aromatic N) is 2. The number of anilines is 2. The van der Waals surface area contributed by atoms with Crippen LogP contribution >= 0.6 is 15.9 Å². The van der Waals surface area contributed by atoms with Gasteiger partial charge in [0.15, 0.2) is 5.58 Å². The Morgan fingerprint density at radius 2 is 1.96 bits per heavy atom. The molecule has 2 aromatic heterocycles. The van der Waals surface area contributed by atoms with E-state index < -0.39 is 5.76 Å². The minimum absolute atomic E-state index is 0.247. The van der Waals surface area contributed by atoms with E-state index in [4.69, 9.17) is 4.42 Å². The van der Waals surface area contributed by atoms with Crippen LogP contribution in [0.25, 0.3) is 11.1 Å². The quantitative estimate of drug-likeness (QED) is 0.493. The molecule has 0 fully saturated rings. The Bertz CT molecular complexity index is 1150. The maximum atomic E-state index is 13.0. The van der Waals surface area contributed by atoms with Crippen molar-refractivity contribution >= 4 is 38.7 Å². The van der Waals surface area contributed by atoms with Crippen molar-refractivity contribution in [1.82, 2.24) is 15.0 Å². The number of H-pyrrole nitrogens is 1. The molecule has 6 nitrogen and oxygen atoms in total. The van der Waals surface area contributed by atoms with Gasteiger partial charge >= 0.3 is 5.76 Å². The normalized spacial score (nSPS) is 11.0. The van der Waals surface area contributed by atoms with Crippen molar-refractivity contribution < 1.29 is 8.81 Å². The van der Waals surface area contributed by atoms with Crippen LogP contribution in [0.5, 0.6) is 0 Å². The molecule has 8 heteroatoms. The third-order valence-electron chi connectivity index (χ3n) is 4.06. The molecule has 0 atom stereocenters. The molecule has 0 aliphatic heterocycles. The molecule has 2 N–H and O–H groups in total. The lowest BCUT2D eigenvalue weighted by Crippen LogP contribution is -2.02. The number of aromatic nitrogens is 3. The van der Waals surface area contributed by atoms with Crippen molar-refractivity contribution in [3.8, 4) is 0 Å². The molecule has 0 saturated carbocycles. The summed E-state index contributed by atoms with van der Waals surface area (Å²) in [6.07, 6.45) is 3.09. The van der Waals surface area contributed by atoms with Crippen LogP contribution in [0.2, 0.25) is 0 Å². The zero-order valence-corrected chi connectivity index (χ0v) is 15.6. The van der Waals surface area contributed by atoms with Crippen LogP contribution in [-0.4, -0.2) is 15.0 Å². The topological polar surface area (TPSA) is 83.8 Å². The smallest absolute Gasteiger partial charge is 0.408 e. The average molecular weight is 429 g/mol. The molecule has 0 aliphatic carbocycles. The zero-order valence-electron chi connectivity index (χ0n) is 14.0. The Hall–Kier alpha value is -3.00. The number of benzene rings is 2. The highest BCUT2D eigenvalue weighted by atomic mass is 79.9. The van der Waals surface area contributed by atoms with Crippen LogP contribution in [0.3, 0.4) is 0 Å². The van der Waals surface area contributed by atoms with Gasteiger partial charge in [0, 0.05) is 18.0 Å². The van der Waals surface area contributed by atoms with E-state index in [0.29, 0.717) is 29.2 Å². The summed E-state index contributed by atoms with van der Waals surface area (Å²) < 4.78 is 18.9. The summed E-state index contributed by atoms with van der Waals surface area (Å²) in [7, 11) is 0. The number of aromatic amines is 1. The van der Waals surface area contributed by atoms with Gasteiger partial charge in [0.2, 0.25) is 5.95 Å². The zero-order chi connectivity index (χ0) is 18.8. The fourth-order valence-corrected chi connectivity index (χ4v) is 3.09. The molecule has 136 valence electrons. The Kier molecular flexibility index (Phi) is 4.72. The van der Waals surface area contributed by atoms with E-state index in [1.165, 1.54) is 12.1 Å². The van der Waals surface area contributed by atoms with Crippen LogP contribution in [0, 0.1) is 5.82 Å². The Morgan fingerprint density at radius 1 is 1.15 bits per heavy atom. The minimum Gasteiger partial charge on any atom is -0.408 e. The SMILES string of the molecule is O=c1[nH]c2ccc(Nc3ncc(Br)c(CCc4ccc(F)cc4)n3)cc2o1. The molecule has 0 unspecified atom stereocenters. The first-order chi connectivity index (χ1) is 13.1. The average Bonchev–Trinajstić information content (AvgIpc) is 3.03. The second-order valence-electron chi connectivity index (χ2n) is 5.97. The maximum Gasteiger partial charge on any atom is 0.417 e. The minimum atomic E-state index is -0.495. The number of fused-ring (bicyclic) bond motifs is 1. The van der Waals surface area contributed by atoms with Crippen molar-refractivity contribution in [1.29, 1.82) is 0 Å². The standard InChI is InChI=1S/C19H14BrFN4O2/c20-14-10-22-18(23-13-6-8-16-17(9-13)27-19(26)25-16)24-15(14)7-3-11-1-4-12(21)5-2-11/h1-2,4-6,8-10H,3,7H2,(H,25,26)(H,22,23,24). The number of halogens is 2. The first-order valence-corrected chi connectivity index (χ1v) is 9.02. The lowest BCUT2D eigenvalue weighted by molar-refractivity contribution is 0.555. The summed E-state index contributed by atoms with van der Waals surface area (Å²) in [5.41, 5.74) is 3.66. The lowest BCUT2D eigenvalue weighted by atomic mass is 10.1. The van der Waals surface area contributed by atoms with E-state index in [0.717, 1.165) is 22.2 Å². The van der Waals surface area contributed by atoms with Gasteiger partial charge in [-0.3, -0.25) is 4.98 Å². The molecule has 0 aliphatic rings. The molecule has 27 heavy (non-hydrogen) atoms. The van der Waals surface area contributed by atoms with Crippen LogP contribution in [0.15, 0.2) is 62.3 Å². The lowest BCUT2D eigenvalue weighted by Gasteiger charge is -2.08. The Morgan fingerprint density at radius 3 is 2.78 bits per heavy atom. The van der Waals surface area contributed by atoms with Gasteiger partial charge in [-0.15, -0.1) is 0 Å². The number of nitrogens with one attached hydrogen (secondary N) is 2. The van der Waals surface area contributed by atoms with Gasteiger partial charge in [-0.05, 0) is 58.6 Å². The third kappa shape index (κ3) is 4.06. The molecule has 0 spiro atoms. The first-order valence-electron chi connectivity index (χ1n) is 8.22. The van der Waals surface area contributed by atoms with Gasteiger partial charge in [0.25, 0.3) is 0 Å². The van der Waals surface area contributed by atoms with Crippen LogP contribution in [0.1, 0.15) is 11.3 Å². The van der Waals surface area contributed by atoms with Crippen molar-refractivity contribution in [3.05, 3.63) is 80.8 Å². The molecule has 0 saturated heterocycles.